The van der Waals surface area contributed by atoms with Gasteiger partial charge in [-0.15, -0.1) is 0 Å². The molecule has 8 heteroatoms. The van der Waals surface area contributed by atoms with E-state index < -0.39 is 11.6 Å². The van der Waals surface area contributed by atoms with Gasteiger partial charge in [0.05, 0.1) is 24.8 Å². The van der Waals surface area contributed by atoms with E-state index in [4.69, 9.17) is 4.74 Å². The zero-order valence-corrected chi connectivity index (χ0v) is 18.5. The fourth-order valence-electron chi connectivity index (χ4n) is 3.39. The number of nitrogens with zero attached hydrogens (tertiary/aromatic N) is 1. The molecular formula is C23H29F2N3O2S. The van der Waals surface area contributed by atoms with Gasteiger partial charge in [-0.05, 0) is 37.6 Å². The van der Waals surface area contributed by atoms with Crippen molar-refractivity contribution in [2.75, 3.05) is 39.8 Å². The average molecular weight is 450 g/mol. The first-order valence-electron chi connectivity index (χ1n) is 10.5. The number of carbonyl (C=O) groups is 1. The lowest BCUT2D eigenvalue weighted by Crippen LogP contribution is -2.47. The third-order valence-corrected chi connectivity index (χ3v) is 5.66. The molecule has 1 heterocycles. The van der Waals surface area contributed by atoms with Gasteiger partial charge in [-0.2, -0.15) is 0 Å². The molecule has 2 aromatic rings. The molecule has 168 valence electrons. The Hall–Kier alpha value is -1.84. The SMILES string of the molecule is CNSNC[C@H]1CN(CC(=O)C2CC2)CCO1.Fc1cccc(F)c1-c1ccccc1. The summed E-state index contributed by atoms with van der Waals surface area (Å²) in [5.41, 5.74) is 0.594. The first kappa shape index (κ1) is 23.8. The van der Waals surface area contributed by atoms with Crippen molar-refractivity contribution in [3.8, 4) is 11.1 Å². The summed E-state index contributed by atoms with van der Waals surface area (Å²) < 4.78 is 38.4. The van der Waals surface area contributed by atoms with Gasteiger partial charge in [0.15, 0.2) is 0 Å². The molecule has 0 unspecified atom stereocenters. The lowest BCUT2D eigenvalue weighted by molar-refractivity contribution is -0.123. The van der Waals surface area contributed by atoms with Crippen LogP contribution in [0.1, 0.15) is 12.8 Å². The second-order valence-electron chi connectivity index (χ2n) is 7.59. The highest BCUT2D eigenvalue weighted by Crippen LogP contribution is 2.30. The van der Waals surface area contributed by atoms with Crippen LogP contribution >= 0.6 is 12.1 Å². The molecule has 0 bridgehead atoms. The summed E-state index contributed by atoms with van der Waals surface area (Å²) in [4.78, 5) is 14.0. The molecule has 0 aromatic heterocycles. The van der Waals surface area contributed by atoms with Gasteiger partial charge < -0.3 is 4.74 Å². The summed E-state index contributed by atoms with van der Waals surface area (Å²) in [6.45, 7) is 3.89. The third kappa shape index (κ3) is 7.66. The summed E-state index contributed by atoms with van der Waals surface area (Å²) in [5.74, 6) is -0.273. The minimum Gasteiger partial charge on any atom is -0.374 e. The molecule has 1 atom stereocenters. The van der Waals surface area contributed by atoms with Crippen molar-refractivity contribution in [2.45, 2.75) is 18.9 Å². The van der Waals surface area contributed by atoms with Crippen molar-refractivity contribution >= 4 is 17.9 Å². The van der Waals surface area contributed by atoms with Gasteiger partial charge in [-0.25, -0.2) is 13.5 Å². The fraction of sp³-hybridized carbons (Fsp3) is 0.435. The number of morpholine rings is 1. The van der Waals surface area contributed by atoms with E-state index in [1.807, 2.05) is 13.1 Å². The highest BCUT2D eigenvalue weighted by atomic mass is 32.2. The van der Waals surface area contributed by atoms with E-state index in [9.17, 15) is 13.6 Å². The van der Waals surface area contributed by atoms with Crippen molar-refractivity contribution in [1.82, 2.24) is 14.3 Å². The molecule has 4 rings (SSSR count). The van der Waals surface area contributed by atoms with Crippen LogP contribution in [0.5, 0.6) is 0 Å². The Morgan fingerprint density at radius 2 is 1.84 bits per heavy atom. The Bertz CT molecular complexity index is 817. The Balaban J connectivity index is 0.000000179. The largest absolute Gasteiger partial charge is 0.374 e. The number of benzene rings is 2. The highest BCUT2D eigenvalue weighted by molar-refractivity contribution is 7.95. The normalized spacial score (nSPS) is 18.9. The van der Waals surface area contributed by atoms with Crippen molar-refractivity contribution in [3.63, 3.8) is 0 Å². The Kier molecular flexibility index (Phi) is 9.42. The van der Waals surface area contributed by atoms with Crippen LogP contribution in [0, 0.1) is 17.6 Å². The minimum absolute atomic E-state index is 0.0353. The number of rotatable bonds is 8. The van der Waals surface area contributed by atoms with Crippen molar-refractivity contribution in [3.05, 3.63) is 60.2 Å². The van der Waals surface area contributed by atoms with E-state index in [0.29, 0.717) is 23.8 Å². The van der Waals surface area contributed by atoms with Crippen LogP contribution in [0.15, 0.2) is 48.5 Å². The number of carbonyl (C=O) groups excluding carboxylic acids is 1. The maximum absolute atomic E-state index is 13.3. The van der Waals surface area contributed by atoms with Crippen LogP contribution in [0.4, 0.5) is 8.78 Å². The lowest BCUT2D eigenvalue weighted by atomic mass is 10.0. The molecular weight excluding hydrogens is 420 g/mol. The molecule has 0 radical (unpaired) electrons. The van der Waals surface area contributed by atoms with Crippen molar-refractivity contribution in [1.29, 1.82) is 0 Å². The van der Waals surface area contributed by atoms with Gasteiger partial charge in [0.2, 0.25) is 0 Å². The maximum atomic E-state index is 13.3. The molecule has 1 aliphatic carbocycles. The van der Waals surface area contributed by atoms with Gasteiger partial charge >= 0.3 is 0 Å². The number of ether oxygens (including phenoxy) is 1. The van der Waals surface area contributed by atoms with E-state index in [0.717, 1.165) is 39.1 Å². The van der Waals surface area contributed by atoms with Gasteiger partial charge in [0.1, 0.15) is 17.4 Å². The van der Waals surface area contributed by atoms with Crippen molar-refractivity contribution in [2.24, 2.45) is 5.92 Å². The summed E-state index contributed by atoms with van der Waals surface area (Å²) in [6, 6.07) is 12.5. The maximum Gasteiger partial charge on any atom is 0.149 e. The van der Waals surface area contributed by atoms with Crippen LogP contribution in [-0.4, -0.2) is 56.6 Å². The molecule has 2 N–H and O–H groups in total. The molecule has 1 saturated carbocycles. The van der Waals surface area contributed by atoms with E-state index in [2.05, 4.69) is 14.3 Å². The monoisotopic (exact) mass is 449 g/mol. The average Bonchev–Trinajstić information content (AvgIpc) is 3.61. The van der Waals surface area contributed by atoms with Crippen LogP contribution in [0.25, 0.3) is 11.1 Å². The van der Waals surface area contributed by atoms with E-state index in [-0.39, 0.29) is 11.7 Å². The fourth-order valence-corrected chi connectivity index (χ4v) is 3.80. The molecule has 1 saturated heterocycles. The smallest absolute Gasteiger partial charge is 0.149 e. The Morgan fingerprint density at radius 3 is 2.48 bits per heavy atom. The van der Waals surface area contributed by atoms with Crippen molar-refractivity contribution < 1.29 is 18.3 Å². The first-order valence-corrected chi connectivity index (χ1v) is 11.3. The lowest BCUT2D eigenvalue weighted by Gasteiger charge is -2.32. The van der Waals surface area contributed by atoms with E-state index in [1.165, 1.54) is 30.3 Å². The number of ketones is 1. The molecule has 2 aliphatic rings. The minimum atomic E-state index is -0.531. The third-order valence-electron chi connectivity index (χ3n) is 5.15. The van der Waals surface area contributed by atoms with Gasteiger partial charge in [0, 0.05) is 37.7 Å². The zero-order valence-electron chi connectivity index (χ0n) is 17.7. The predicted molar refractivity (Wildman–Crippen MR) is 120 cm³/mol. The standard InChI is InChI=1S/C12H8F2.C11H21N3O2S/c13-10-7-4-8-11(14)12(10)9-5-2-1-3-6-9;1-12-17-13-6-10-7-14(4-5-16-10)8-11(15)9-2-3-9/h1-8H;9-10,12-13H,2-8H2,1H3/t;10-/m.0/s1. The van der Waals surface area contributed by atoms with Crippen LogP contribution in [0.3, 0.4) is 0 Å². The first-order chi connectivity index (χ1) is 15.1. The molecule has 0 spiro atoms. The molecule has 1 aliphatic heterocycles. The molecule has 31 heavy (non-hydrogen) atoms. The van der Waals surface area contributed by atoms with Crippen LogP contribution in [-0.2, 0) is 9.53 Å². The molecule has 2 aromatic carbocycles. The number of halogens is 2. The summed E-state index contributed by atoms with van der Waals surface area (Å²) in [7, 11) is 1.88. The van der Waals surface area contributed by atoms with Crippen LogP contribution in [0.2, 0.25) is 0 Å². The summed E-state index contributed by atoms with van der Waals surface area (Å²) in [6.07, 6.45) is 2.40. The predicted octanol–water partition coefficient (Wildman–Crippen LogP) is 3.67. The summed E-state index contributed by atoms with van der Waals surface area (Å²) in [5, 5.41) is 0. The zero-order chi connectivity index (χ0) is 22.1. The Morgan fingerprint density at radius 1 is 1.13 bits per heavy atom. The Labute approximate surface area is 186 Å². The number of hydrogen-bond acceptors (Lipinski definition) is 6. The molecule has 2 fully saturated rings. The highest BCUT2D eigenvalue weighted by Gasteiger charge is 2.31. The molecule has 5 nitrogen and oxygen atoms in total. The van der Waals surface area contributed by atoms with E-state index >= 15 is 0 Å². The number of Topliss-reactive ketones (excluding diaryl/α,β-unsaturated/α-hetero) is 1. The van der Waals surface area contributed by atoms with Gasteiger partial charge in [-0.3, -0.25) is 14.4 Å². The van der Waals surface area contributed by atoms with Gasteiger partial charge in [-0.1, -0.05) is 36.4 Å². The van der Waals surface area contributed by atoms with E-state index in [1.54, 1.807) is 24.3 Å². The number of nitrogens with one attached hydrogen (secondary N) is 2. The second-order valence-corrected chi connectivity index (χ2v) is 8.49. The van der Waals surface area contributed by atoms with Crippen LogP contribution < -0.4 is 9.44 Å². The topological polar surface area (TPSA) is 53.6 Å². The molecule has 0 amide bonds. The van der Waals surface area contributed by atoms with Gasteiger partial charge in [0.25, 0.3) is 0 Å². The number of hydrogen-bond donors (Lipinski definition) is 2. The quantitative estimate of drug-likeness (QED) is 0.474. The second kappa shape index (κ2) is 12.3. The summed E-state index contributed by atoms with van der Waals surface area (Å²) >= 11 is 1.47.